The van der Waals surface area contributed by atoms with Gasteiger partial charge in [-0.05, 0) is 13.0 Å². The second-order valence-electron chi connectivity index (χ2n) is 7.06. The van der Waals surface area contributed by atoms with Gasteiger partial charge in [-0.3, -0.25) is 14.8 Å². The molecule has 0 aliphatic carbocycles. The number of hydrogen-bond acceptors (Lipinski definition) is 6. The van der Waals surface area contributed by atoms with Crippen molar-refractivity contribution in [1.29, 1.82) is 0 Å². The molecule has 5 aromatic rings. The number of aromatic nitrogens is 5. The lowest BCUT2D eigenvalue weighted by Gasteiger charge is -2.08. The van der Waals surface area contributed by atoms with Crippen molar-refractivity contribution >= 4 is 33.4 Å². The smallest absolute Gasteiger partial charge is 0.258 e. The number of aryl methyl sites for hydroxylation is 2. The third-order valence-electron chi connectivity index (χ3n) is 4.95. The first-order chi connectivity index (χ1) is 15.1. The van der Waals surface area contributed by atoms with E-state index in [4.69, 9.17) is 4.98 Å². The van der Waals surface area contributed by atoms with E-state index in [1.807, 2.05) is 74.6 Å². The fraction of sp³-hybridized carbons (Fsp3) is 0.0870. The topological polar surface area (TPSA) is 85.6 Å². The highest BCUT2D eigenvalue weighted by Crippen LogP contribution is 2.29. The molecule has 0 unspecified atom stereocenters. The van der Waals surface area contributed by atoms with Gasteiger partial charge in [-0.25, -0.2) is 4.98 Å². The van der Waals surface area contributed by atoms with E-state index in [1.54, 1.807) is 10.7 Å². The zero-order valence-electron chi connectivity index (χ0n) is 16.9. The quantitative estimate of drug-likeness (QED) is 0.450. The summed E-state index contributed by atoms with van der Waals surface area (Å²) in [5, 5.41) is 17.6. The van der Waals surface area contributed by atoms with Crippen LogP contribution >= 0.6 is 11.3 Å². The zero-order valence-corrected chi connectivity index (χ0v) is 17.7. The minimum Gasteiger partial charge on any atom is -0.296 e. The second kappa shape index (κ2) is 7.73. The summed E-state index contributed by atoms with van der Waals surface area (Å²) in [6.45, 7) is 1.88. The minimum absolute atomic E-state index is 0.267. The highest BCUT2D eigenvalue weighted by Gasteiger charge is 2.20. The van der Waals surface area contributed by atoms with Crippen LogP contribution in [0.25, 0.3) is 32.9 Å². The first-order valence-electron chi connectivity index (χ1n) is 9.70. The van der Waals surface area contributed by atoms with Crippen molar-refractivity contribution in [2.75, 3.05) is 5.32 Å². The lowest BCUT2D eigenvalue weighted by molar-refractivity contribution is 0.102. The van der Waals surface area contributed by atoms with Crippen molar-refractivity contribution < 1.29 is 4.79 Å². The maximum Gasteiger partial charge on any atom is 0.258 e. The number of nitrogens with one attached hydrogen (secondary N) is 1. The Hall–Kier alpha value is -3.91. The molecule has 0 fully saturated rings. The Bertz CT molecular complexity index is 1390. The molecule has 31 heavy (non-hydrogen) atoms. The molecule has 0 aliphatic heterocycles. The predicted molar refractivity (Wildman–Crippen MR) is 122 cm³/mol. The largest absolute Gasteiger partial charge is 0.296 e. The number of amides is 1. The minimum atomic E-state index is -0.267. The van der Waals surface area contributed by atoms with Crippen LogP contribution in [0.15, 0.2) is 66.7 Å². The van der Waals surface area contributed by atoms with Gasteiger partial charge in [0.05, 0.1) is 22.3 Å². The summed E-state index contributed by atoms with van der Waals surface area (Å²) in [6.07, 6.45) is 0. The average Bonchev–Trinajstić information content (AvgIpc) is 3.38. The van der Waals surface area contributed by atoms with Crippen LogP contribution in [0, 0.1) is 6.92 Å². The van der Waals surface area contributed by atoms with Crippen molar-refractivity contribution in [3.05, 3.63) is 78.0 Å². The molecule has 0 saturated heterocycles. The Morgan fingerprint density at radius 2 is 1.65 bits per heavy atom. The van der Waals surface area contributed by atoms with Gasteiger partial charge < -0.3 is 0 Å². The standard InChI is InChI=1S/C23H18N6OS/c1-14-19-17(13-18(15-9-5-3-6-10-15)24-20(19)29(2)28-14)21(30)25-23-27-26-22(31-23)16-11-7-4-8-12-16/h3-13H,1-2H3,(H,25,27,30). The first kappa shape index (κ1) is 19.1. The molecular weight excluding hydrogens is 408 g/mol. The fourth-order valence-corrected chi connectivity index (χ4v) is 4.26. The summed E-state index contributed by atoms with van der Waals surface area (Å²) in [4.78, 5) is 18.0. The molecule has 0 atom stereocenters. The maximum atomic E-state index is 13.3. The number of anilines is 1. The van der Waals surface area contributed by atoms with Crippen LogP contribution < -0.4 is 5.32 Å². The van der Waals surface area contributed by atoms with E-state index in [0.29, 0.717) is 22.0 Å². The summed E-state index contributed by atoms with van der Waals surface area (Å²) < 4.78 is 1.70. The van der Waals surface area contributed by atoms with Gasteiger partial charge in [0.15, 0.2) is 5.65 Å². The van der Waals surface area contributed by atoms with E-state index in [1.165, 1.54) is 11.3 Å². The number of hydrogen-bond donors (Lipinski definition) is 1. The Morgan fingerprint density at radius 1 is 0.968 bits per heavy atom. The van der Waals surface area contributed by atoms with Crippen LogP contribution in [0.2, 0.25) is 0 Å². The summed E-state index contributed by atoms with van der Waals surface area (Å²) in [6, 6.07) is 21.3. The van der Waals surface area contributed by atoms with Gasteiger partial charge in [0, 0.05) is 18.2 Å². The normalized spacial score (nSPS) is 11.0. The average molecular weight is 427 g/mol. The number of pyridine rings is 1. The maximum absolute atomic E-state index is 13.3. The van der Waals surface area contributed by atoms with Crippen LogP contribution in [0.1, 0.15) is 16.1 Å². The van der Waals surface area contributed by atoms with E-state index in [-0.39, 0.29) is 5.91 Å². The van der Waals surface area contributed by atoms with Crippen molar-refractivity contribution in [1.82, 2.24) is 25.0 Å². The molecule has 3 heterocycles. The Balaban J connectivity index is 1.55. The van der Waals surface area contributed by atoms with E-state index >= 15 is 0 Å². The molecule has 1 N–H and O–H groups in total. The van der Waals surface area contributed by atoms with Crippen LogP contribution in [-0.2, 0) is 7.05 Å². The number of carbonyl (C=O) groups is 1. The third kappa shape index (κ3) is 3.57. The van der Waals surface area contributed by atoms with Crippen molar-refractivity contribution in [2.45, 2.75) is 6.92 Å². The lowest BCUT2D eigenvalue weighted by atomic mass is 10.1. The van der Waals surface area contributed by atoms with Gasteiger partial charge in [-0.1, -0.05) is 72.0 Å². The van der Waals surface area contributed by atoms with E-state index < -0.39 is 0 Å². The number of benzene rings is 2. The van der Waals surface area contributed by atoms with Crippen LogP contribution in [0.5, 0.6) is 0 Å². The monoisotopic (exact) mass is 426 g/mol. The predicted octanol–water partition coefficient (Wildman–Crippen LogP) is 4.71. The van der Waals surface area contributed by atoms with Crippen LogP contribution in [0.3, 0.4) is 0 Å². The molecule has 0 bridgehead atoms. The highest BCUT2D eigenvalue weighted by molar-refractivity contribution is 7.18. The highest BCUT2D eigenvalue weighted by atomic mass is 32.1. The van der Waals surface area contributed by atoms with Gasteiger partial charge in [0.2, 0.25) is 5.13 Å². The molecule has 3 aromatic heterocycles. The number of nitrogens with zero attached hydrogens (tertiary/aromatic N) is 5. The number of rotatable bonds is 4. The molecular formula is C23H18N6OS. The van der Waals surface area contributed by atoms with Crippen LogP contribution in [-0.4, -0.2) is 30.9 Å². The van der Waals surface area contributed by atoms with Crippen molar-refractivity contribution in [2.24, 2.45) is 7.05 Å². The van der Waals surface area contributed by atoms with Crippen LogP contribution in [0.4, 0.5) is 5.13 Å². The number of fused-ring (bicyclic) bond motifs is 1. The molecule has 0 spiro atoms. The Morgan fingerprint density at radius 3 is 2.35 bits per heavy atom. The second-order valence-corrected chi connectivity index (χ2v) is 8.04. The van der Waals surface area contributed by atoms with Crippen molar-refractivity contribution in [3.63, 3.8) is 0 Å². The molecule has 152 valence electrons. The van der Waals surface area contributed by atoms with Crippen molar-refractivity contribution in [3.8, 4) is 21.8 Å². The molecule has 5 rings (SSSR count). The summed E-state index contributed by atoms with van der Waals surface area (Å²) in [7, 11) is 1.83. The molecule has 0 aliphatic rings. The Kier molecular flexibility index (Phi) is 4.76. The first-order valence-corrected chi connectivity index (χ1v) is 10.5. The molecule has 8 heteroatoms. The van der Waals surface area contributed by atoms with E-state index in [2.05, 4.69) is 20.6 Å². The summed E-state index contributed by atoms with van der Waals surface area (Å²) >= 11 is 1.33. The molecule has 0 saturated carbocycles. The molecule has 2 aromatic carbocycles. The lowest BCUT2D eigenvalue weighted by Crippen LogP contribution is -2.13. The van der Waals surface area contributed by atoms with E-state index in [0.717, 1.165) is 27.2 Å². The van der Waals surface area contributed by atoms with Gasteiger partial charge in [0.25, 0.3) is 5.91 Å². The van der Waals surface area contributed by atoms with Gasteiger partial charge >= 0.3 is 0 Å². The van der Waals surface area contributed by atoms with Gasteiger partial charge in [-0.15, -0.1) is 10.2 Å². The molecule has 7 nitrogen and oxygen atoms in total. The van der Waals surface area contributed by atoms with E-state index in [9.17, 15) is 4.79 Å². The Labute approximate surface area is 182 Å². The fourth-order valence-electron chi connectivity index (χ4n) is 3.52. The summed E-state index contributed by atoms with van der Waals surface area (Å²) in [5.41, 5.74) is 4.51. The van der Waals surface area contributed by atoms with Gasteiger partial charge in [0.1, 0.15) is 5.01 Å². The summed E-state index contributed by atoms with van der Waals surface area (Å²) in [5.74, 6) is -0.267. The zero-order chi connectivity index (χ0) is 21.4. The number of carbonyl (C=O) groups excluding carboxylic acids is 1. The molecule has 1 amide bonds. The molecule has 0 radical (unpaired) electrons. The third-order valence-corrected chi connectivity index (χ3v) is 5.84. The SMILES string of the molecule is Cc1nn(C)c2nc(-c3ccccc3)cc(C(=O)Nc3nnc(-c4ccccc4)s3)c12. The van der Waals surface area contributed by atoms with Gasteiger partial charge in [-0.2, -0.15) is 5.10 Å².